The summed E-state index contributed by atoms with van der Waals surface area (Å²) in [5.41, 5.74) is 1.19. The van der Waals surface area contributed by atoms with Gasteiger partial charge < -0.3 is 18.9 Å². The predicted octanol–water partition coefficient (Wildman–Crippen LogP) is 6.74. The highest BCUT2D eigenvalue weighted by Gasteiger charge is 2.35. The van der Waals surface area contributed by atoms with Crippen LogP contribution in [-0.4, -0.2) is 37.2 Å². The van der Waals surface area contributed by atoms with Crippen molar-refractivity contribution in [1.82, 2.24) is 0 Å². The quantitative estimate of drug-likeness (QED) is 0.235. The van der Waals surface area contributed by atoms with Crippen molar-refractivity contribution in [2.75, 3.05) is 14.2 Å². The number of benzene rings is 2. The molecule has 0 bridgehead atoms. The molecular weight excluding hydrogens is 444 g/mol. The third kappa shape index (κ3) is 8.46. The lowest BCUT2D eigenvalue weighted by atomic mass is 10.0. The summed E-state index contributed by atoms with van der Waals surface area (Å²) < 4.78 is 22.1. The van der Waals surface area contributed by atoms with Gasteiger partial charge in [-0.15, -0.1) is 0 Å². The van der Waals surface area contributed by atoms with Gasteiger partial charge in [0.15, 0.2) is 11.4 Å². The molecule has 192 valence electrons. The first-order valence-electron chi connectivity index (χ1n) is 11.8. The van der Waals surface area contributed by atoms with E-state index in [1.54, 1.807) is 45.2 Å². The predicted molar refractivity (Wildman–Crippen MR) is 141 cm³/mol. The molecule has 2 aromatic rings. The molecule has 0 aliphatic carbocycles. The van der Waals surface area contributed by atoms with Gasteiger partial charge in [-0.1, -0.05) is 19.9 Å². The molecule has 0 spiro atoms. The molecule has 0 saturated heterocycles. The van der Waals surface area contributed by atoms with Gasteiger partial charge in [-0.25, -0.2) is 4.79 Å². The Labute approximate surface area is 210 Å². The minimum Gasteiger partial charge on any atom is -0.497 e. The van der Waals surface area contributed by atoms with Crippen LogP contribution in [-0.2, 0) is 9.53 Å². The topological polar surface area (TPSA) is 71.1 Å². The van der Waals surface area contributed by atoms with E-state index in [0.717, 1.165) is 16.7 Å². The highest BCUT2D eigenvalue weighted by Crippen LogP contribution is 2.31. The van der Waals surface area contributed by atoms with E-state index in [4.69, 9.17) is 18.9 Å². The van der Waals surface area contributed by atoms with Crippen LogP contribution in [0.5, 0.6) is 17.2 Å². The maximum Gasteiger partial charge on any atom is 0.350 e. The first-order valence-corrected chi connectivity index (χ1v) is 11.8. The van der Waals surface area contributed by atoms with Crippen LogP contribution in [0.4, 0.5) is 0 Å². The lowest BCUT2D eigenvalue weighted by Gasteiger charge is -2.30. The van der Waals surface area contributed by atoms with Crippen LogP contribution in [0, 0.1) is 13.8 Å². The zero-order valence-corrected chi connectivity index (χ0v) is 23.0. The van der Waals surface area contributed by atoms with Crippen molar-refractivity contribution >= 4 is 17.8 Å². The van der Waals surface area contributed by atoms with Crippen LogP contribution in [0.2, 0.25) is 0 Å². The van der Waals surface area contributed by atoms with Gasteiger partial charge in [-0.3, -0.25) is 4.79 Å². The number of methoxy groups -OCH3 is 2. The number of carbonyl (C=O) groups excluding carboxylic acids is 2. The van der Waals surface area contributed by atoms with E-state index >= 15 is 0 Å². The molecule has 0 aromatic heterocycles. The largest absolute Gasteiger partial charge is 0.497 e. The van der Waals surface area contributed by atoms with E-state index < -0.39 is 17.2 Å². The summed E-state index contributed by atoms with van der Waals surface area (Å²) in [7, 11) is 3.07. The van der Waals surface area contributed by atoms with Crippen molar-refractivity contribution in [3.63, 3.8) is 0 Å². The Morgan fingerprint density at radius 1 is 0.857 bits per heavy atom. The van der Waals surface area contributed by atoms with E-state index in [1.165, 1.54) is 13.2 Å². The lowest BCUT2D eigenvalue weighted by Crippen LogP contribution is -2.43. The second kappa shape index (κ2) is 12.4. The molecule has 0 fully saturated rings. The van der Waals surface area contributed by atoms with Crippen LogP contribution in [0.15, 0.2) is 36.4 Å². The maximum atomic E-state index is 12.8. The van der Waals surface area contributed by atoms with Crippen molar-refractivity contribution in [2.45, 2.75) is 73.5 Å². The Balaban J connectivity index is 0.00000298. The maximum absolute atomic E-state index is 12.8. The summed E-state index contributed by atoms with van der Waals surface area (Å²) in [4.78, 5) is 25.4. The van der Waals surface area contributed by atoms with Crippen LogP contribution < -0.4 is 14.2 Å². The number of esters is 1. The Morgan fingerprint density at radius 2 is 1.43 bits per heavy atom. The lowest BCUT2D eigenvalue weighted by molar-refractivity contribution is -0.171. The number of carbonyl (C=O) groups is 2. The molecule has 0 heterocycles. The minimum atomic E-state index is -1.15. The first kappa shape index (κ1) is 29.8. The molecular formula is C29H40O6. The highest BCUT2D eigenvalue weighted by molar-refractivity contribution is 6.09. The van der Waals surface area contributed by atoms with Gasteiger partial charge in [0, 0.05) is 0 Å². The third-order valence-electron chi connectivity index (χ3n) is 4.83. The van der Waals surface area contributed by atoms with E-state index in [1.807, 2.05) is 60.6 Å². The molecule has 0 amide bonds. The second-order valence-electron chi connectivity index (χ2n) is 9.36. The van der Waals surface area contributed by atoms with Gasteiger partial charge in [0.05, 0.1) is 19.8 Å². The van der Waals surface area contributed by atoms with Crippen molar-refractivity contribution in [3.05, 3.63) is 58.7 Å². The summed E-state index contributed by atoms with van der Waals surface area (Å²) in [6.45, 7) is 16.6. The molecule has 6 heteroatoms. The Kier molecular flexibility index (Phi) is 10.6. The Morgan fingerprint density at radius 3 is 1.91 bits per heavy atom. The molecule has 2 aromatic carbocycles. The SMILES string of the molecule is CC.COc1ccc(OC)c(C(=O)/C=C/c2cc(C)c(OC(C)(C)C(=O)OC(C)(C)C)c(C)c2)c1. The number of rotatable bonds is 8. The molecule has 0 radical (unpaired) electrons. The van der Waals surface area contributed by atoms with Crippen LogP contribution in [0.25, 0.3) is 6.08 Å². The summed E-state index contributed by atoms with van der Waals surface area (Å²) in [5, 5.41) is 0. The number of hydrogen-bond acceptors (Lipinski definition) is 6. The summed E-state index contributed by atoms with van der Waals surface area (Å²) in [6, 6.07) is 8.90. The number of allylic oxidation sites excluding steroid dienone is 1. The average Bonchev–Trinajstić information content (AvgIpc) is 2.79. The summed E-state index contributed by atoms with van der Waals surface area (Å²) in [5.74, 6) is 1.03. The van der Waals surface area contributed by atoms with Gasteiger partial charge in [0.2, 0.25) is 0 Å². The van der Waals surface area contributed by atoms with Gasteiger partial charge >= 0.3 is 5.97 Å². The number of ether oxygens (including phenoxy) is 4. The average molecular weight is 485 g/mol. The van der Waals surface area contributed by atoms with Crippen molar-refractivity contribution in [1.29, 1.82) is 0 Å². The fraction of sp³-hybridized carbons (Fsp3) is 0.448. The van der Waals surface area contributed by atoms with Gasteiger partial charge in [0.1, 0.15) is 22.8 Å². The molecule has 0 N–H and O–H groups in total. The molecule has 6 nitrogen and oxygen atoms in total. The normalized spacial score (nSPS) is 11.4. The van der Waals surface area contributed by atoms with Gasteiger partial charge in [-0.2, -0.15) is 0 Å². The van der Waals surface area contributed by atoms with Crippen molar-refractivity contribution in [2.24, 2.45) is 0 Å². The first-order chi connectivity index (χ1) is 16.3. The fourth-order valence-corrected chi connectivity index (χ4v) is 3.21. The van der Waals surface area contributed by atoms with E-state index in [2.05, 4.69) is 0 Å². The van der Waals surface area contributed by atoms with E-state index in [0.29, 0.717) is 22.8 Å². The van der Waals surface area contributed by atoms with Crippen LogP contribution >= 0.6 is 0 Å². The number of hydrogen-bond donors (Lipinski definition) is 0. The number of ketones is 1. The fourth-order valence-electron chi connectivity index (χ4n) is 3.21. The molecule has 2 rings (SSSR count). The van der Waals surface area contributed by atoms with Crippen molar-refractivity contribution in [3.8, 4) is 17.2 Å². The minimum absolute atomic E-state index is 0.201. The van der Waals surface area contributed by atoms with E-state index in [9.17, 15) is 9.59 Å². The van der Waals surface area contributed by atoms with Gasteiger partial charge in [0.25, 0.3) is 0 Å². The molecule has 0 saturated carbocycles. The van der Waals surface area contributed by atoms with E-state index in [-0.39, 0.29) is 5.78 Å². The standard InChI is InChI=1S/C27H34O6.C2H6/c1-17-14-19(10-12-22(28)21-16-20(30-8)11-13-23(21)31-9)15-18(2)24(17)32-27(6,7)25(29)33-26(3,4)5;1-2/h10-16H,1-9H3;1-2H3/b12-10+;. The zero-order chi connectivity index (χ0) is 27.0. The Hall–Kier alpha value is -3.28. The van der Waals surface area contributed by atoms with Crippen LogP contribution in [0.1, 0.15) is 75.5 Å². The molecule has 35 heavy (non-hydrogen) atoms. The second-order valence-corrected chi connectivity index (χ2v) is 9.36. The van der Waals surface area contributed by atoms with Crippen molar-refractivity contribution < 1.29 is 28.5 Å². The summed E-state index contributed by atoms with van der Waals surface area (Å²) >= 11 is 0. The molecule has 0 aliphatic heterocycles. The molecule has 0 aliphatic rings. The monoisotopic (exact) mass is 484 g/mol. The Bertz CT molecular complexity index is 1030. The van der Waals surface area contributed by atoms with Gasteiger partial charge in [-0.05, 0) is 102 Å². The zero-order valence-electron chi connectivity index (χ0n) is 23.0. The third-order valence-corrected chi connectivity index (χ3v) is 4.83. The number of aryl methyl sites for hydroxylation is 2. The summed E-state index contributed by atoms with van der Waals surface area (Å²) in [6.07, 6.45) is 3.24. The highest BCUT2D eigenvalue weighted by atomic mass is 16.6. The smallest absolute Gasteiger partial charge is 0.350 e. The van der Waals surface area contributed by atoms with Crippen LogP contribution in [0.3, 0.4) is 0 Å². The molecule has 0 unspecified atom stereocenters. The molecule has 0 atom stereocenters.